The highest BCUT2D eigenvalue weighted by Crippen LogP contribution is 2.19. The number of sulfone groups is 1. The molecule has 0 atom stereocenters. The molecule has 0 aromatic carbocycles. The summed E-state index contributed by atoms with van der Waals surface area (Å²) in [5.41, 5.74) is 5.33. The molecule has 0 aromatic heterocycles. The zero-order chi connectivity index (χ0) is 12.8. The molecule has 0 radical (unpaired) electrons. The molecule has 0 aromatic rings. The van der Waals surface area contributed by atoms with Crippen molar-refractivity contribution in [3.05, 3.63) is 0 Å². The normalized spacial score (nSPS) is 12.5. The summed E-state index contributed by atoms with van der Waals surface area (Å²) in [5.74, 6) is -0.587. The number of rotatable bonds is 7. The number of carbonyl (C=O) groups is 1. The van der Waals surface area contributed by atoms with Crippen LogP contribution < -0.4 is 5.73 Å². The molecule has 0 aliphatic carbocycles. The van der Waals surface area contributed by atoms with E-state index < -0.39 is 15.8 Å². The van der Waals surface area contributed by atoms with E-state index in [2.05, 4.69) is 4.74 Å². The van der Waals surface area contributed by atoms with Crippen molar-refractivity contribution >= 4 is 15.8 Å². The Morgan fingerprint density at radius 1 is 1.31 bits per heavy atom. The van der Waals surface area contributed by atoms with E-state index in [1.807, 2.05) is 13.8 Å². The molecule has 0 heterocycles. The number of carbonyl (C=O) groups excluding carboxylic acids is 1. The van der Waals surface area contributed by atoms with Crippen LogP contribution in [0.25, 0.3) is 0 Å². The van der Waals surface area contributed by atoms with Crippen molar-refractivity contribution in [2.75, 3.05) is 25.2 Å². The fraction of sp³-hybridized carbons (Fsp3) is 0.900. The SMILES string of the molecule is COC(=O)CCS(=O)(=O)CCC(C)(C)CN. The van der Waals surface area contributed by atoms with Crippen LogP contribution in [-0.4, -0.2) is 39.5 Å². The lowest BCUT2D eigenvalue weighted by atomic mass is 9.91. The van der Waals surface area contributed by atoms with Crippen molar-refractivity contribution < 1.29 is 17.9 Å². The van der Waals surface area contributed by atoms with Crippen LogP contribution in [0.2, 0.25) is 0 Å². The molecule has 2 N–H and O–H groups in total. The Balaban J connectivity index is 4.12. The van der Waals surface area contributed by atoms with Gasteiger partial charge in [0.25, 0.3) is 0 Å². The molecule has 5 nitrogen and oxygen atoms in total. The molecule has 0 fully saturated rings. The van der Waals surface area contributed by atoms with Crippen molar-refractivity contribution in [2.24, 2.45) is 11.1 Å². The van der Waals surface area contributed by atoms with Crippen LogP contribution in [0.15, 0.2) is 0 Å². The summed E-state index contributed by atoms with van der Waals surface area (Å²) >= 11 is 0. The Bertz CT molecular complexity index is 322. The van der Waals surface area contributed by atoms with Gasteiger partial charge >= 0.3 is 5.97 Å². The first-order valence-electron chi connectivity index (χ1n) is 5.20. The number of esters is 1. The van der Waals surface area contributed by atoms with E-state index in [-0.39, 0.29) is 23.3 Å². The monoisotopic (exact) mass is 251 g/mol. The standard InChI is InChI=1S/C10H21NO4S/c1-10(2,8-11)5-7-16(13,14)6-4-9(12)15-3/h4-8,11H2,1-3H3. The zero-order valence-corrected chi connectivity index (χ0v) is 11.0. The number of hydrogen-bond donors (Lipinski definition) is 1. The third-order valence-corrected chi connectivity index (χ3v) is 4.14. The van der Waals surface area contributed by atoms with E-state index in [4.69, 9.17) is 5.73 Å². The maximum Gasteiger partial charge on any atom is 0.306 e. The van der Waals surface area contributed by atoms with Gasteiger partial charge in [-0.25, -0.2) is 8.42 Å². The Morgan fingerprint density at radius 3 is 2.31 bits per heavy atom. The molecule has 0 unspecified atom stereocenters. The summed E-state index contributed by atoms with van der Waals surface area (Å²) < 4.78 is 27.5. The van der Waals surface area contributed by atoms with E-state index in [1.54, 1.807) is 0 Å². The number of ether oxygens (including phenoxy) is 1. The second-order valence-electron chi connectivity index (χ2n) is 4.60. The Kier molecular flexibility index (Phi) is 5.96. The minimum absolute atomic E-state index is 0.0637. The van der Waals surface area contributed by atoms with Crippen LogP contribution in [0.5, 0.6) is 0 Å². The van der Waals surface area contributed by atoms with E-state index in [9.17, 15) is 13.2 Å². The fourth-order valence-electron chi connectivity index (χ4n) is 0.977. The summed E-state index contributed by atoms with van der Waals surface area (Å²) in [5, 5.41) is 0. The predicted octanol–water partition coefficient (Wildman–Crippen LogP) is 0.339. The number of methoxy groups -OCH3 is 1. The summed E-state index contributed by atoms with van der Waals surface area (Å²) in [6, 6.07) is 0. The van der Waals surface area contributed by atoms with Gasteiger partial charge in [-0.15, -0.1) is 0 Å². The van der Waals surface area contributed by atoms with Crippen LogP contribution in [0.4, 0.5) is 0 Å². The summed E-state index contributed by atoms with van der Waals surface area (Å²) in [6.45, 7) is 4.28. The molecule has 0 bridgehead atoms. The molecule has 96 valence electrons. The van der Waals surface area contributed by atoms with Gasteiger partial charge in [-0.05, 0) is 18.4 Å². The first-order valence-corrected chi connectivity index (χ1v) is 7.02. The zero-order valence-electron chi connectivity index (χ0n) is 10.2. The second kappa shape index (κ2) is 6.20. The van der Waals surface area contributed by atoms with Crippen LogP contribution in [0, 0.1) is 5.41 Å². The van der Waals surface area contributed by atoms with Gasteiger partial charge < -0.3 is 10.5 Å². The van der Waals surface area contributed by atoms with Crippen molar-refractivity contribution in [3.63, 3.8) is 0 Å². The minimum atomic E-state index is -3.19. The van der Waals surface area contributed by atoms with Crippen LogP contribution in [0.1, 0.15) is 26.7 Å². The fourth-order valence-corrected chi connectivity index (χ4v) is 2.52. The van der Waals surface area contributed by atoms with Crippen molar-refractivity contribution in [1.29, 1.82) is 0 Å². The lowest BCUT2D eigenvalue weighted by molar-refractivity contribution is -0.140. The van der Waals surface area contributed by atoms with Gasteiger partial charge in [0.05, 0.1) is 25.0 Å². The molecular formula is C10H21NO4S. The number of hydrogen-bond acceptors (Lipinski definition) is 5. The van der Waals surface area contributed by atoms with Gasteiger partial charge in [0.15, 0.2) is 9.84 Å². The second-order valence-corrected chi connectivity index (χ2v) is 6.90. The average molecular weight is 251 g/mol. The van der Waals surface area contributed by atoms with E-state index in [0.717, 1.165) is 0 Å². The molecular weight excluding hydrogens is 230 g/mol. The first kappa shape index (κ1) is 15.4. The van der Waals surface area contributed by atoms with E-state index >= 15 is 0 Å². The average Bonchev–Trinajstić information content (AvgIpc) is 2.24. The van der Waals surface area contributed by atoms with E-state index in [0.29, 0.717) is 13.0 Å². The smallest absolute Gasteiger partial charge is 0.306 e. The Morgan fingerprint density at radius 2 is 1.88 bits per heavy atom. The molecule has 6 heteroatoms. The highest BCUT2D eigenvalue weighted by atomic mass is 32.2. The first-order chi connectivity index (χ1) is 7.22. The Hall–Kier alpha value is -0.620. The number of nitrogens with two attached hydrogens (primary N) is 1. The van der Waals surface area contributed by atoms with Gasteiger partial charge in [0.1, 0.15) is 0 Å². The van der Waals surface area contributed by atoms with Gasteiger partial charge in [0, 0.05) is 0 Å². The topological polar surface area (TPSA) is 86.5 Å². The lowest BCUT2D eigenvalue weighted by Gasteiger charge is -2.21. The highest BCUT2D eigenvalue weighted by Gasteiger charge is 2.21. The van der Waals surface area contributed by atoms with Crippen molar-refractivity contribution in [3.8, 4) is 0 Å². The molecule has 0 saturated heterocycles. The van der Waals surface area contributed by atoms with Crippen molar-refractivity contribution in [2.45, 2.75) is 26.7 Å². The maximum atomic E-state index is 11.6. The van der Waals surface area contributed by atoms with Crippen LogP contribution >= 0.6 is 0 Å². The Labute approximate surface area is 97.3 Å². The maximum absolute atomic E-state index is 11.6. The molecule has 0 amide bonds. The minimum Gasteiger partial charge on any atom is -0.469 e. The van der Waals surface area contributed by atoms with Crippen LogP contribution in [0.3, 0.4) is 0 Å². The van der Waals surface area contributed by atoms with Crippen LogP contribution in [-0.2, 0) is 19.4 Å². The van der Waals surface area contributed by atoms with Gasteiger partial charge in [-0.3, -0.25) is 4.79 Å². The van der Waals surface area contributed by atoms with Gasteiger partial charge in [-0.1, -0.05) is 13.8 Å². The predicted molar refractivity (Wildman–Crippen MR) is 62.7 cm³/mol. The molecule has 0 spiro atoms. The third-order valence-electron chi connectivity index (χ3n) is 2.49. The summed E-state index contributed by atoms with van der Waals surface area (Å²) in [7, 11) is -1.94. The molecule has 0 rings (SSSR count). The largest absolute Gasteiger partial charge is 0.469 e. The molecule has 0 saturated carbocycles. The molecule has 0 aliphatic heterocycles. The summed E-state index contributed by atoms with van der Waals surface area (Å²) in [6.07, 6.45) is 0.425. The highest BCUT2D eigenvalue weighted by molar-refractivity contribution is 7.91. The van der Waals surface area contributed by atoms with Gasteiger partial charge in [-0.2, -0.15) is 0 Å². The van der Waals surface area contributed by atoms with E-state index in [1.165, 1.54) is 7.11 Å². The quantitative estimate of drug-likeness (QED) is 0.659. The van der Waals surface area contributed by atoms with Gasteiger partial charge in [0.2, 0.25) is 0 Å². The molecule has 0 aliphatic rings. The van der Waals surface area contributed by atoms with Crippen molar-refractivity contribution in [1.82, 2.24) is 0 Å². The lowest BCUT2D eigenvalue weighted by Crippen LogP contribution is -2.27. The summed E-state index contributed by atoms with van der Waals surface area (Å²) in [4.78, 5) is 10.8. The molecule has 16 heavy (non-hydrogen) atoms. The third kappa shape index (κ3) is 6.79.